The molecule has 2 aliphatic heterocycles. The molecule has 0 radical (unpaired) electrons. The number of pyridine rings is 1. The SMILES string of the molecule is O=c1cccc2n1C[C@H]1C[C@@H]2C[NH+](C[C@H](O)COCc2ccccc2)C1. The molecule has 2 aliphatic rings. The van der Waals surface area contributed by atoms with Gasteiger partial charge >= 0.3 is 0 Å². The second-order valence-corrected chi connectivity index (χ2v) is 7.72. The molecule has 3 heterocycles. The number of aliphatic hydroxyl groups is 1. The third kappa shape index (κ3) is 3.90. The molecule has 0 amide bonds. The highest BCUT2D eigenvalue weighted by Gasteiger charge is 2.37. The first-order valence-corrected chi connectivity index (χ1v) is 9.52. The Kier molecular flexibility index (Phi) is 5.20. The first-order chi connectivity index (χ1) is 12.7. The van der Waals surface area contributed by atoms with Crippen LogP contribution in [0.1, 0.15) is 23.6 Å². The average molecular weight is 355 g/mol. The van der Waals surface area contributed by atoms with E-state index >= 15 is 0 Å². The largest absolute Gasteiger partial charge is 0.385 e. The topological polar surface area (TPSA) is 55.9 Å². The van der Waals surface area contributed by atoms with Gasteiger partial charge in [0, 0.05) is 30.1 Å². The summed E-state index contributed by atoms with van der Waals surface area (Å²) in [5, 5.41) is 10.4. The standard InChI is InChI=1S/C21H26N2O3/c24-19(15-26-14-16-5-2-1-3-6-16)13-22-10-17-9-18(12-22)20-7-4-8-21(25)23(20)11-17/h1-8,17-19,24H,9-15H2/p+1/t17-,18+,19-/m0/s1. The summed E-state index contributed by atoms with van der Waals surface area (Å²) in [7, 11) is 0. The second-order valence-electron chi connectivity index (χ2n) is 7.72. The predicted octanol–water partition coefficient (Wildman–Crippen LogP) is 0.428. The first kappa shape index (κ1) is 17.5. The van der Waals surface area contributed by atoms with Crippen molar-refractivity contribution in [2.75, 3.05) is 26.2 Å². The van der Waals surface area contributed by atoms with Crippen molar-refractivity contribution in [3.8, 4) is 0 Å². The van der Waals surface area contributed by atoms with Gasteiger partial charge in [-0.25, -0.2) is 0 Å². The number of likely N-dealkylation sites (tertiary alicyclic amines) is 1. The Bertz CT molecular complexity index is 789. The van der Waals surface area contributed by atoms with Crippen molar-refractivity contribution < 1.29 is 14.7 Å². The van der Waals surface area contributed by atoms with Gasteiger partial charge in [-0.3, -0.25) is 4.79 Å². The maximum absolute atomic E-state index is 12.1. The number of piperidine rings is 1. The summed E-state index contributed by atoms with van der Waals surface area (Å²) in [6.07, 6.45) is 0.707. The number of rotatable bonds is 6. The molecule has 1 saturated heterocycles. The molecule has 0 spiro atoms. The van der Waals surface area contributed by atoms with Gasteiger partial charge in [-0.1, -0.05) is 36.4 Å². The van der Waals surface area contributed by atoms with E-state index in [4.69, 9.17) is 4.74 Å². The molecule has 1 unspecified atom stereocenters. The van der Waals surface area contributed by atoms with Crippen LogP contribution < -0.4 is 10.5 Å². The smallest absolute Gasteiger partial charge is 0.250 e. The molecule has 4 rings (SSSR count). The van der Waals surface area contributed by atoms with E-state index < -0.39 is 6.10 Å². The van der Waals surface area contributed by atoms with Gasteiger partial charge in [0.25, 0.3) is 5.56 Å². The van der Waals surface area contributed by atoms with Gasteiger partial charge in [-0.2, -0.15) is 0 Å². The molecule has 1 aromatic carbocycles. The molecule has 5 nitrogen and oxygen atoms in total. The summed E-state index contributed by atoms with van der Waals surface area (Å²) >= 11 is 0. The molecule has 138 valence electrons. The molecule has 2 bridgehead atoms. The zero-order chi connectivity index (χ0) is 17.9. The van der Waals surface area contributed by atoms with Crippen molar-refractivity contribution in [1.29, 1.82) is 0 Å². The number of benzene rings is 1. The normalized spacial score (nSPS) is 25.5. The molecule has 1 fully saturated rings. The lowest BCUT2D eigenvalue weighted by molar-refractivity contribution is -0.914. The highest BCUT2D eigenvalue weighted by atomic mass is 16.5. The van der Waals surface area contributed by atoms with Gasteiger partial charge in [0.2, 0.25) is 0 Å². The number of hydrogen-bond acceptors (Lipinski definition) is 3. The lowest BCUT2D eigenvalue weighted by atomic mass is 9.83. The van der Waals surface area contributed by atoms with Gasteiger partial charge in [-0.15, -0.1) is 0 Å². The third-order valence-corrected chi connectivity index (χ3v) is 5.62. The zero-order valence-corrected chi connectivity index (χ0v) is 15.0. The Morgan fingerprint density at radius 1 is 1.15 bits per heavy atom. The van der Waals surface area contributed by atoms with Gasteiger partial charge in [0.1, 0.15) is 12.6 Å². The van der Waals surface area contributed by atoms with Gasteiger partial charge in [0.15, 0.2) is 0 Å². The Labute approximate surface area is 153 Å². The second kappa shape index (κ2) is 7.74. The molecular weight excluding hydrogens is 328 g/mol. The summed E-state index contributed by atoms with van der Waals surface area (Å²) in [5.74, 6) is 0.942. The summed E-state index contributed by atoms with van der Waals surface area (Å²) < 4.78 is 7.63. The van der Waals surface area contributed by atoms with Crippen LogP contribution in [0.15, 0.2) is 53.3 Å². The summed E-state index contributed by atoms with van der Waals surface area (Å²) in [4.78, 5) is 13.5. The van der Waals surface area contributed by atoms with Crippen LogP contribution in [0.5, 0.6) is 0 Å². The third-order valence-electron chi connectivity index (χ3n) is 5.62. The minimum atomic E-state index is -0.453. The molecule has 2 aromatic rings. The van der Waals surface area contributed by atoms with E-state index in [1.807, 2.05) is 41.0 Å². The fourth-order valence-electron chi connectivity index (χ4n) is 4.57. The number of aliphatic hydroxyl groups excluding tert-OH is 1. The molecular formula is C21H27N2O3+. The molecule has 0 saturated carbocycles. The van der Waals surface area contributed by atoms with Crippen LogP contribution >= 0.6 is 0 Å². The monoisotopic (exact) mass is 355 g/mol. The van der Waals surface area contributed by atoms with Crippen molar-refractivity contribution in [2.24, 2.45) is 5.92 Å². The van der Waals surface area contributed by atoms with Crippen molar-refractivity contribution in [3.63, 3.8) is 0 Å². The average Bonchev–Trinajstić information content (AvgIpc) is 2.63. The van der Waals surface area contributed by atoms with Crippen LogP contribution in [0.4, 0.5) is 0 Å². The van der Waals surface area contributed by atoms with Crippen LogP contribution in [0, 0.1) is 5.92 Å². The van der Waals surface area contributed by atoms with E-state index in [1.54, 1.807) is 6.07 Å². The van der Waals surface area contributed by atoms with Crippen molar-refractivity contribution >= 4 is 0 Å². The number of quaternary nitrogens is 1. The Hall–Kier alpha value is -1.95. The zero-order valence-electron chi connectivity index (χ0n) is 15.0. The highest BCUT2D eigenvalue weighted by Crippen LogP contribution is 2.29. The number of fused-ring (bicyclic) bond motifs is 4. The Balaban J connectivity index is 1.30. The molecule has 5 heteroatoms. The number of aromatic nitrogens is 1. The summed E-state index contributed by atoms with van der Waals surface area (Å²) in [6.45, 7) is 4.43. The molecule has 0 aliphatic carbocycles. The molecule has 4 atom stereocenters. The van der Waals surface area contributed by atoms with Crippen molar-refractivity contribution in [2.45, 2.75) is 31.6 Å². The van der Waals surface area contributed by atoms with E-state index in [2.05, 4.69) is 6.07 Å². The first-order valence-electron chi connectivity index (χ1n) is 9.52. The van der Waals surface area contributed by atoms with E-state index in [0.29, 0.717) is 31.6 Å². The lowest BCUT2D eigenvalue weighted by Gasteiger charge is -2.40. The maximum atomic E-state index is 12.1. The van der Waals surface area contributed by atoms with Crippen molar-refractivity contribution in [1.82, 2.24) is 4.57 Å². The van der Waals surface area contributed by atoms with E-state index in [0.717, 1.165) is 31.6 Å². The number of nitrogens with one attached hydrogen (secondary N) is 1. The van der Waals surface area contributed by atoms with Crippen LogP contribution in [0.2, 0.25) is 0 Å². The molecule has 2 N–H and O–H groups in total. The fourth-order valence-corrected chi connectivity index (χ4v) is 4.57. The minimum absolute atomic E-state index is 0.120. The minimum Gasteiger partial charge on any atom is -0.385 e. The Morgan fingerprint density at radius 3 is 2.85 bits per heavy atom. The number of ether oxygens (including phenoxy) is 1. The van der Waals surface area contributed by atoms with Crippen LogP contribution in [0.25, 0.3) is 0 Å². The predicted molar refractivity (Wildman–Crippen MR) is 99.2 cm³/mol. The fraction of sp³-hybridized carbons (Fsp3) is 0.476. The lowest BCUT2D eigenvalue weighted by Crippen LogP contribution is -3.15. The van der Waals surface area contributed by atoms with E-state index in [9.17, 15) is 9.90 Å². The van der Waals surface area contributed by atoms with Gasteiger partial charge < -0.3 is 19.3 Å². The van der Waals surface area contributed by atoms with Crippen molar-refractivity contribution in [3.05, 3.63) is 70.1 Å². The van der Waals surface area contributed by atoms with Gasteiger partial charge in [0.05, 0.1) is 26.3 Å². The number of nitrogens with zero attached hydrogens (tertiary/aromatic N) is 1. The maximum Gasteiger partial charge on any atom is 0.250 e. The highest BCUT2D eigenvalue weighted by molar-refractivity contribution is 5.15. The van der Waals surface area contributed by atoms with Gasteiger partial charge in [-0.05, 0) is 18.1 Å². The summed E-state index contributed by atoms with van der Waals surface area (Å²) in [5.41, 5.74) is 2.41. The molecule has 1 aromatic heterocycles. The molecule has 26 heavy (non-hydrogen) atoms. The Morgan fingerprint density at radius 2 is 2.00 bits per heavy atom. The number of hydrogen-bond donors (Lipinski definition) is 2. The van der Waals surface area contributed by atoms with Crippen LogP contribution in [-0.2, 0) is 17.9 Å². The quantitative estimate of drug-likeness (QED) is 0.790. The van der Waals surface area contributed by atoms with E-state index in [1.165, 1.54) is 10.6 Å². The van der Waals surface area contributed by atoms with Crippen LogP contribution in [-0.4, -0.2) is 42.0 Å². The van der Waals surface area contributed by atoms with Crippen LogP contribution in [0.3, 0.4) is 0 Å². The summed E-state index contributed by atoms with van der Waals surface area (Å²) in [6, 6.07) is 15.7. The van der Waals surface area contributed by atoms with E-state index in [-0.39, 0.29) is 5.56 Å².